The van der Waals surface area contributed by atoms with Gasteiger partial charge < -0.3 is 20.5 Å². The molecule has 3 atom stereocenters. The largest absolute Gasteiger partial charge is 0.475 e. The van der Waals surface area contributed by atoms with E-state index in [4.69, 9.17) is 15.4 Å². The minimum Gasteiger partial charge on any atom is -0.475 e. The van der Waals surface area contributed by atoms with Crippen molar-refractivity contribution in [3.05, 3.63) is 22.3 Å². The van der Waals surface area contributed by atoms with E-state index < -0.39 is 41.7 Å². The molecule has 0 unspecified atom stereocenters. The molecule has 0 aliphatic carbocycles. The van der Waals surface area contributed by atoms with Crippen molar-refractivity contribution in [2.24, 2.45) is 5.11 Å². The lowest BCUT2D eigenvalue weighted by Crippen LogP contribution is -2.58. The van der Waals surface area contributed by atoms with E-state index in [-0.39, 0.29) is 6.04 Å². The van der Waals surface area contributed by atoms with Crippen LogP contribution in [0.5, 0.6) is 0 Å². The van der Waals surface area contributed by atoms with Crippen molar-refractivity contribution < 1.29 is 24.2 Å². The Morgan fingerprint density at radius 2 is 2.09 bits per heavy atom. The number of hydrogen-bond acceptors (Lipinski definition) is 5. The van der Waals surface area contributed by atoms with E-state index in [9.17, 15) is 14.4 Å². The van der Waals surface area contributed by atoms with E-state index in [0.29, 0.717) is 0 Å². The van der Waals surface area contributed by atoms with Crippen molar-refractivity contribution in [2.75, 3.05) is 0 Å². The van der Waals surface area contributed by atoms with Gasteiger partial charge in [-0.3, -0.25) is 9.59 Å². The molecule has 1 aliphatic rings. The number of carboxylic acids is 1. The van der Waals surface area contributed by atoms with Gasteiger partial charge in [0.1, 0.15) is 0 Å². The minimum atomic E-state index is -1.40. The Bertz CT molecular complexity index is 552. The molecule has 0 spiro atoms. The van der Waals surface area contributed by atoms with E-state index in [0.717, 1.165) is 6.08 Å². The number of rotatable bonds is 5. The maximum Gasteiger partial charge on any atom is 0.370 e. The van der Waals surface area contributed by atoms with Crippen LogP contribution in [0.3, 0.4) is 0 Å². The molecule has 0 aromatic carbocycles. The molecule has 22 heavy (non-hydrogen) atoms. The van der Waals surface area contributed by atoms with Gasteiger partial charge in [-0.05, 0) is 25.5 Å². The molecule has 0 aromatic heterocycles. The highest BCUT2D eigenvalue weighted by Gasteiger charge is 2.41. The fourth-order valence-corrected chi connectivity index (χ4v) is 1.95. The van der Waals surface area contributed by atoms with Crippen molar-refractivity contribution in [3.8, 4) is 0 Å². The third-order valence-corrected chi connectivity index (χ3v) is 2.73. The second kappa shape index (κ2) is 7.32. The van der Waals surface area contributed by atoms with Gasteiger partial charge in [-0.25, -0.2) is 4.79 Å². The van der Waals surface area contributed by atoms with Crippen LogP contribution in [0.1, 0.15) is 20.8 Å². The summed E-state index contributed by atoms with van der Waals surface area (Å²) in [5, 5.41) is 17.5. The van der Waals surface area contributed by atoms with Crippen LogP contribution in [-0.4, -0.2) is 47.1 Å². The number of carbonyl (C=O) groups excluding carboxylic acids is 2. The molecule has 10 heteroatoms. The predicted molar refractivity (Wildman–Crippen MR) is 74.4 cm³/mol. The molecule has 0 aromatic rings. The van der Waals surface area contributed by atoms with Crippen molar-refractivity contribution in [2.45, 2.75) is 45.0 Å². The number of azide groups is 1. The maximum absolute atomic E-state index is 12.2. The van der Waals surface area contributed by atoms with Gasteiger partial charge in [-0.15, -0.1) is 0 Å². The SMILES string of the molecule is CC(=O)N[C@@H]1[C@@H](N=[N+]=[N-])C=C(C(=O)O)O[C@H]1C(=O)NC(C)C. The molecule has 1 rings (SSSR count). The molecule has 0 bridgehead atoms. The van der Waals surface area contributed by atoms with Crippen LogP contribution >= 0.6 is 0 Å². The molecular formula is C12H17N5O5. The summed E-state index contributed by atoms with van der Waals surface area (Å²) in [4.78, 5) is 37.2. The number of nitrogens with one attached hydrogen (secondary N) is 2. The van der Waals surface area contributed by atoms with E-state index in [2.05, 4.69) is 20.7 Å². The third-order valence-electron chi connectivity index (χ3n) is 2.73. The molecule has 1 aliphatic heterocycles. The second-order valence-corrected chi connectivity index (χ2v) is 4.96. The van der Waals surface area contributed by atoms with Crippen molar-refractivity contribution in [1.82, 2.24) is 10.6 Å². The first-order valence-corrected chi connectivity index (χ1v) is 6.49. The molecule has 3 N–H and O–H groups in total. The van der Waals surface area contributed by atoms with Crippen LogP contribution in [0.25, 0.3) is 10.4 Å². The zero-order valence-electron chi connectivity index (χ0n) is 12.3. The summed E-state index contributed by atoms with van der Waals surface area (Å²) in [5.41, 5.74) is 8.59. The zero-order valence-corrected chi connectivity index (χ0v) is 12.3. The van der Waals surface area contributed by atoms with Crippen LogP contribution < -0.4 is 10.6 Å². The van der Waals surface area contributed by atoms with Crippen LogP contribution in [0, 0.1) is 0 Å². The van der Waals surface area contributed by atoms with Gasteiger partial charge in [0.2, 0.25) is 11.7 Å². The molecule has 1 heterocycles. The average molecular weight is 311 g/mol. The highest BCUT2D eigenvalue weighted by Crippen LogP contribution is 2.21. The molecular weight excluding hydrogens is 294 g/mol. The van der Waals surface area contributed by atoms with E-state index in [1.807, 2.05) is 0 Å². The fourth-order valence-electron chi connectivity index (χ4n) is 1.95. The van der Waals surface area contributed by atoms with Crippen molar-refractivity contribution >= 4 is 17.8 Å². The number of nitrogens with zero attached hydrogens (tertiary/aromatic N) is 3. The van der Waals surface area contributed by atoms with Gasteiger partial charge >= 0.3 is 5.97 Å². The van der Waals surface area contributed by atoms with Gasteiger partial charge in [-0.1, -0.05) is 5.11 Å². The third kappa shape index (κ3) is 4.38. The summed E-state index contributed by atoms with van der Waals surface area (Å²) in [5.74, 6) is -3.00. The molecule has 0 saturated heterocycles. The number of carbonyl (C=O) groups is 3. The Balaban J connectivity index is 3.20. The topological polar surface area (TPSA) is 153 Å². The first kappa shape index (κ1) is 17.3. The summed E-state index contributed by atoms with van der Waals surface area (Å²) >= 11 is 0. The molecule has 120 valence electrons. The molecule has 0 saturated carbocycles. The summed E-state index contributed by atoms with van der Waals surface area (Å²) in [6.45, 7) is 4.65. The monoisotopic (exact) mass is 311 g/mol. The average Bonchev–Trinajstić information content (AvgIpc) is 2.38. The first-order valence-electron chi connectivity index (χ1n) is 6.49. The standard InChI is InChI=1S/C12H17N5O5/c1-5(2)14-11(19)10-9(15-6(3)18)7(16-17-13)4-8(22-10)12(20)21/h4-5,7,9-10H,1-3H3,(H,14,19)(H,15,18)(H,20,21)/t7-,9+,10+/m0/s1. The summed E-state index contributed by atoms with van der Waals surface area (Å²) in [6, 6.07) is -2.28. The van der Waals surface area contributed by atoms with Gasteiger partial charge in [0, 0.05) is 17.9 Å². The normalized spacial score (nSPS) is 23.6. The van der Waals surface area contributed by atoms with Crippen LogP contribution in [0.4, 0.5) is 0 Å². The summed E-state index contributed by atoms with van der Waals surface area (Å²) in [7, 11) is 0. The van der Waals surface area contributed by atoms with E-state index in [1.165, 1.54) is 6.92 Å². The van der Waals surface area contributed by atoms with Crippen molar-refractivity contribution in [1.29, 1.82) is 0 Å². The Morgan fingerprint density at radius 1 is 1.45 bits per heavy atom. The Hall–Kier alpha value is -2.74. The summed E-state index contributed by atoms with van der Waals surface area (Å²) in [6.07, 6.45) is -0.264. The number of carboxylic acid groups (broad SMARTS) is 1. The van der Waals surface area contributed by atoms with E-state index in [1.54, 1.807) is 13.8 Å². The summed E-state index contributed by atoms with van der Waals surface area (Å²) < 4.78 is 5.15. The van der Waals surface area contributed by atoms with Crippen molar-refractivity contribution in [3.63, 3.8) is 0 Å². The smallest absolute Gasteiger partial charge is 0.370 e. The lowest BCUT2D eigenvalue weighted by molar-refractivity contribution is -0.143. The van der Waals surface area contributed by atoms with E-state index >= 15 is 0 Å². The molecule has 10 nitrogen and oxygen atoms in total. The molecule has 0 fully saturated rings. The highest BCUT2D eigenvalue weighted by molar-refractivity contribution is 5.88. The number of ether oxygens (including phenoxy) is 1. The quantitative estimate of drug-likeness (QED) is 0.372. The van der Waals surface area contributed by atoms with Crippen LogP contribution in [0.15, 0.2) is 16.9 Å². The number of hydrogen-bond donors (Lipinski definition) is 3. The Labute approximate surface area is 126 Å². The predicted octanol–water partition coefficient (Wildman–Crippen LogP) is 0.0619. The van der Waals surface area contributed by atoms with Crippen LogP contribution in [-0.2, 0) is 19.1 Å². The minimum absolute atomic E-state index is 0.216. The Kier molecular flexibility index (Phi) is 5.76. The van der Waals surface area contributed by atoms with Gasteiger partial charge in [-0.2, -0.15) is 0 Å². The first-order chi connectivity index (χ1) is 10.3. The lowest BCUT2D eigenvalue weighted by Gasteiger charge is -2.34. The fraction of sp³-hybridized carbons (Fsp3) is 0.583. The second-order valence-electron chi connectivity index (χ2n) is 4.96. The highest BCUT2D eigenvalue weighted by atomic mass is 16.5. The Morgan fingerprint density at radius 3 is 2.55 bits per heavy atom. The van der Waals surface area contributed by atoms with Gasteiger partial charge in [0.25, 0.3) is 5.91 Å². The maximum atomic E-state index is 12.2. The number of amides is 2. The zero-order chi connectivity index (χ0) is 16.9. The molecule has 0 radical (unpaired) electrons. The van der Waals surface area contributed by atoms with Gasteiger partial charge in [0.15, 0.2) is 6.10 Å². The van der Waals surface area contributed by atoms with Crippen LogP contribution in [0.2, 0.25) is 0 Å². The number of aliphatic carboxylic acids is 1. The molecule has 2 amide bonds. The lowest BCUT2D eigenvalue weighted by atomic mass is 9.97. The van der Waals surface area contributed by atoms with Gasteiger partial charge in [0.05, 0.1) is 12.1 Å².